The molecule has 0 radical (unpaired) electrons. The molecule has 2 aromatic carbocycles. The molecular formula is C25H31N3O2. The lowest BCUT2D eigenvalue weighted by atomic mass is 10.0. The lowest BCUT2D eigenvalue weighted by Gasteiger charge is -2.24. The number of benzene rings is 2. The van der Waals surface area contributed by atoms with Crippen LogP contribution in [0.25, 0.3) is 6.08 Å². The number of hydrogen-bond donors (Lipinski definition) is 1. The van der Waals surface area contributed by atoms with E-state index in [0.717, 1.165) is 41.4 Å². The van der Waals surface area contributed by atoms with Crippen molar-refractivity contribution in [1.82, 2.24) is 5.43 Å². The van der Waals surface area contributed by atoms with Crippen LogP contribution in [-0.4, -0.2) is 31.3 Å². The molecule has 158 valence electrons. The zero-order chi connectivity index (χ0) is 21.7. The number of para-hydroxylation sites is 1. The van der Waals surface area contributed by atoms with E-state index >= 15 is 0 Å². The largest absolute Gasteiger partial charge is 0.491 e. The Kier molecular flexibility index (Phi) is 6.93. The molecule has 1 heterocycles. The first-order valence-electron chi connectivity index (χ1n) is 10.5. The Balaban J connectivity index is 1.69. The molecule has 0 spiro atoms. The van der Waals surface area contributed by atoms with Crippen molar-refractivity contribution in [2.45, 2.75) is 40.5 Å². The molecule has 0 fully saturated rings. The van der Waals surface area contributed by atoms with E-state index in [4.69, 9.17) is 4.74 Å². The molecule has 0 saturated heterocycles. The van der Waals surface area contributed by atoms with Gasteiger partial charge in [0.1, 0.15) is 12.4 Å². The van der Waals surface area contributed by atoms with E-state index in [1.165, 1.54) is 5.56 Å². The van der Waals surface area contributed by atoms with Crippen molar-refractivity contribution in [3.63, 3.8) is 0 Å². The predicted molar refractivity (Wildman–Crippen MR) is 124 cm³/mol. The van der Waals surface area contributed by atoms with Crippen LogP contribution < -0.4 is 15.1 Å². The Morgan fingerprint density at radius 3 is 2.57 bits per heavy atom. The molecule has 0 bridgehead atoms. The SMILES string of the molecule is CCN(CCOc1ccccc1C(C)C)c1ccc(/C=C2/C(=O)NN=C2C)c(C)c1. The average molecular weight is 406 g/mol. The van der Waals surface area contributed by atoms with Gasteiger partial charge >= 0.3 is 0 Å². The smallest absolute Gasteiger partial charge is 0.273 e. The molecule has 1 aliphatic heterocycles. The van der Waals surface area contributed by atoms with Crippen LogP contribution in [0.4, 0.5) is 5.69 Å². The molecule has 1 N–H and O–H groups in total. The lowest BCUT2D eigenvalue weighted by Crippen LogP contribution is -2.28. The van der Waals surface area contributed by atoms with Gasteiger partial charge in [0.05, 0.1) is 17.8 Å². The summed E-state index contributed by atoms with van der Waals surface area (Å²) in [7, 11) is 0. The summed E-state index contributed by atoms with van der Waals surface area (Å²) in [5, 5.41) is 3.99. The number of carbonyl (C=O) groups excluding carboxylic acids is 1. The number of carbonyl (C=O) groups is 1. The molecule has 1 amide bonds. The van der Waals surface area contributed by atoms with Gasteiger partial charge in [0.25, 0.3) is 5.91 Å². The van der Waals surface area contributed by atoms with Crippen LogP contribution in [0.2, 0.25) is 0 Å². The minimum absolute atomic E-state index is 0.148. The summed E-state index contributed by atoms with van der Waals surface area (Å²) in [4.78, 5) is 14.2. The second-order valence-electron chi connectivity index (χ2n) is 7.86. The predicted octanol–water partition coefficient (Wildman–Crippen LogP) is 4.91. The number of rotatable bonds is 8. The van der Waals surface area contributed by atoms with Crippen molar-refractivity contribution in [3.8, 4) is 5.75 Å². The van der Waals surface area contributed by atoms with Gasteiger partial charge in [0.2, 0.25) is 0 Å². The van der Waals surface area contributed by atoms with Gasteiger partial charge in [-0.15, -0.1) is 0 Å². The van der Waals surface area contributed by atoms with Gasteiger partial charge in [0.15, 0.2) is 0 Å². The van der Waals surface area contributed by atoms with Crippen LogP contribution in [0.5, 0.6) is 5.75 Å². The molecule has 5 nitrogen and oxygen atoms in total. The summed E-state index contributed by atoms with van der Waals surface area (Å²) in [6.45, 7) is 12.7. The maximum Gasteiger partial charge on any atom is 0.273 e. The number of nitrogens with one attached hydrogen (secondary N) is 1. The average Bonchev–Trinajstić information content (AvgIpc) is 3.05. The molecule has 2 aromatic rings. The second-order valence-corrected chi connectivity index (χ2v) is 7.86. The number of nitrogens with zero attached hydrogens (tertiary/aromatic N) is 2. The number of aryl methyl sites for hydroxylation is 1. The molecule has 0 aromatic heterocycles. The Labute approximate surface area is 179 Å². The van der Waals surface area contributed by atoms with Crippen LogP contribution in [0.3, 0.4) is 0 Å². The Morgan fingerprint density at radius 2 is 1.93 bits per heavy atom. The summed E-state index contributed by atoms with van der Waals surface area (Å²) >= 11 is 0. The van der Waals surface area contributed by atoms with Crippen molar-refractivity contribution in [2.75, 3.05) is 24.6 Å². The summed E-state index contributed by atoms with van der Waals surface area (Å²) in [5.41, 5.74) is 8.38. The Bertz CT molecular complexity index is 976. The topological polar surface area (TPSA) is 53.9 Å². The van der Waals surface area contributed by atoms with E-state index in [-0.39, 0.29) is 5.91 Å². The lowest BCUT2D eigenvalue weighted by molar-refractivity contribution is -0.116. The maximum atomic E-state index is 11.9. The minimum Gasteiger partial charge on any atom is -0.491 e. The molecular weight excluding hydrogens is 374 g/mol. The highest BCUT2D eigenvalue weighted by atomic mass is 16.5. The first-order valence-corrected chi connectivity index (χ1v) is 10.5. The van der Waals surface area contributed by atoms with E-state index in [0.29, 0.717) is 18.1 Å². The minimum atomic E-state index is -0.148. The zero-order valence-electron chi connectivity index (χ0n) is 18.5. The summed E-state index contributed by atoms with van der Waals surface area (Å²) in [6.07, 6.45) is 1.91. The van der Waals surface area contributed by atoms with Crippen molar-refractivity contribution >= 4 is 23.4 Å². The van der Waals surface area contributed by atoms with Gasteiger partial charge < -0.3 is 9.64 Å². The molecule has 1 aliphatic rings. The van der Waals surface area contributed by atoms with Gasteiger partial charge in [-0.25, -0.2) is 5.43 Å². The van der Waals surface area contributed by atoms with Gasteiger partial charge in [-0.3, -0.25) is 4.79 Å². The highest BCUT2D eigenvalue weighted by Crippen LogP contribution is 2.26. The van der Waals surface area contributed by atoms with E-state index in [1.54, 1.807) is 0 Å². The fourth-order valence-corrected chi connectivity index (χ4v) is 3.59. The van der Waals surface area contributed by atoms with Gasteiger partial charge in [-0.2, -0.15) is 5.10 Å². The van der Waals surface area contributed by atoms with Crippen molar-refractivity contribution < 1.29 is 9.53 Å². The van der Waals surface area contributed by atoms with Gasteiger partial charge in [-0.1, -0.05) is 38.1 Å². The number of anilines is 1. The van der Waals surface area contributed by atoms with Crippen molar-refractivity contribution in [1.29, 1.82) is 0 Å². The van der Waals surface area contributed by atoms with Crippen LogP contribution >= 0.6 is 0 Å². The number of likely N-dealkylation sites (N-methyl/N-ethyl adjacent to an activating group) is 1. The number of hydrazone groups is 1. The zero-order valence-corrected chi connectivity index (χ0v) is 18.5. The number of amides is 1. The third-order valence-electron chi connectivity index (χ3n) is 5.42. The standard InChI is InChI=1S/C25H31N3O2/c1-6-28(13-14-30-24-10-8-7-9-22(24)17(2)3)21-12-11-20(18(4)15-21)16-23-19(5)26-27-25(23)29/h7-12,15-17H,6,13-14H2,1-5H3,(H,27,29)/b23-16+. The molecule has 0 aliphatic carbocycles. The van der Waals surface area contributed by atoms with Crippen molar-refractivity contribution in [3.05, 3.63) is 64.7 Å². The van der Waals surface area contributed by atoms with Gasteiger partial charge in [-0.05, 0) is 67.7 Å². The van der Waals surface area contributed by atoms with Crippen LogP contribution in [0.1, 0.15) is 50.3 Å². The van der Waals surface area contributed by atoms with Crippen LogP contribution in [0, 0.1) is 6.92 Å². The molecule has 3 rings (SSSR count). The molecule has 0 unspecified atom stereocenters. The summed E-state index contributed by atoms with van der Waals surface area (Å²) in [5.74, 6) is 1.25. The molecule has 30 heavy (non-hydrogen) atoms. The van der Waals surface area contributed by atoms with E-state index in [9.17, 15) is 4.79 Å². The quantitative estimate of drug-likeness (QED) is 0.635. The second kappa shape index (κ2) is 9.61. The Morgan fingerprint density at radius 1 is 1.17 bits per heavy atom. The first-order chi connectivity index (χ1) is 14.4. The number of hydrogen-bond acceptors (Lipinski definition) is 4. The normalized spacial score (nSPS) is 14.8. The highest BCUT2D eigenvalue weighted by Gasteiger charge is 2.19. The molecule has 0 atom stereocenters. The number of ether oxygens (including phenoxy) is 1. The fourth-order valence-electron chi connectivity index (χ4n) is 3.59. The van der Waals surface area contributed by atoms with E-state index in [1.807, 2.05) is 25.1 Å². The molecule has 5 heteroatoms. The fraction of sp³-hybridized carbons (Fsp3) is 0.360. The van der Waals surface area contributed by atoms with E-state index < -0.39 is 0 Å². The van der Waals surface area contributed by atoms with Crippen LogP contribution in [-0.2, 0) is 4.79 Å². The van der Waals surface area contributed by atoms with E-state index in [2.05, 4.69) is 73.5 Å². The summed E-state index contributed by atoms with van der Waals surface area (Å²) in [6, 6.07) is 14.6. The monoisotopic (exact) mass is 405 g/mol. The maximum absolute atomic E-state index is 11.9. The highest BCUT2D eigenvalue weighted by molar-refractivity contribution is 6.26. The summed E-state index contributed by atoms with van der Waals surface area (Å²) < 4.78 is 6.11. The third kappa shape index (κ3) is 4.90. The van der Waals surface area contributed by atoms with Crippen LogP contribution in [0.15, 0.2) is 53.1 Å². The third-order valence-corrected chi connectivity index (χ3v) is 5.42. The molecule has 0 saturated carbocycles. The first kappa shape index (κ1) is 21.6. The van der Waals surface area contributed by atoms with Crippen molar-refractivity contribution in [2.24, 2.45) is 5.10 Å². The van der Waals surface area contributed by atoms with Gasteiger partial charge in [0, 0.05) is 12.2 Å². The Hall–Kier alpha value is -3.08.